The molecule has 2 N–H and O–H groups in total. The summed E-state index contributed by atoms with van der Waals surface area (Å²) >= 11 is 2.94. The van der Waals surface area contributed by atoms with E-state index in [1.807, 2.05) is 0 Å². The number of H-pyrrole nitrogens is 1. The first-order valence-corrected chi connectivity index (χ1v) is 4.15. The largest absolute Gasteiger partial charge is 0.377 e. The molecule has 1 aromatic heterocycles. The summed E-state index contributed by atoms with van der Waals surface area (Å²) in [5.74, 6) is 0. The molecule has 13 heavy (non-hydrogen) atoms. The zero-order valence-corrected chi connectivity index (χ0v) is 7.94. The van der Waals surface area contributed by atoms with Crippen LogP contribution in [0, 0.1) is 0 Å². The van der Waals surface area contributed by atoms with Crippen LogP contribution in [0.25, 0.3) is 0 Å². The van der Waals surface area contributed by atoms with E-state index in [9.17, 15) is 13.6 Å². The Kier molecular flexibility index (Phi) is 3.35. The van der Waals surface area contributed by atoms with Crippen LogP contribution in [0.5, 0.6) is 0 Å². The molecule has 0 bridgehead atoms. The van der Waals surface area contributed by atoms with Crippen LogP contribution in [0.4, 0.5) is 14.5 Å². The first kappa shape index (κ1) is 10.1. The van der Waals surface area contributed by atoms with E-state index < -0.39 is 18.5 Å². The summed E-state index contributed by atoms with van der Waals surface area (Å²) in [6.45, 7) is -0.510. The van der Waals surface area contributed by atoms with Gasteiger partial charge in [-0.25, -0.2) is 13.9 Å². The standard InChI is InChI=1S/C6H6BrF2N3O/c7-5-3(10-2-4(8)9)1-11-12-6(5)13/h1,4H,2H2,(H2,10,12,13). The minimum Gasteiger partial charge on any atom is -0.377 e. The molecule has 0 unspecified atom stereocenters. The van der Waals surface area contributed by atoms with E-state index in [4.69, 9.17) is 0 Å². The average molecular weight is 254 g/mol. The van der Waals surface area contributed by atoms with Gasteiger partial charge >= 0.3 is 0 Å². The number of anilines is 1. The van der Waals surface area contributed by atoms with Crippen LogP contribution >= 0.6 is 15.9 Å². The molecule has 0 saturated heterocycles. The van der Waals surface area contributed by atoms with Gasteiger partial charge in [0.05, 0.1) is 18.4 Å². The smallest absolute Gasteiger partial charge is 0.280 e. The Hall–Kier alpha value is -0.980. The number of aromatic amines is 1. The number of nitrogens with one attached hydrogen (secondary N) is 2. The van der Waals surface area contributed by atoms with E-state index in [0.717, 1.165) is 0 Å². The predicted molar refractivity (Wildman–Crippen MR) is 47.1 cm³/mol. The molecule has 4 nitrogen and oxygen atoms in total. The Morgan fingerprint density at radius 2 is 2.38 bits per heavy atom. The van der Waals surface area contributed by atoms with Gasteiger partial charge in [-0.1, -0.05) is 0 Å². The molecule has 1 rings (SSSR count). The van der Waals surface area contributed by atoms with Gasteiger partial charge in [0.2, 0.25) is 0 Å². The van der Waals surface area contributed by atoms with Gasteiger partial charge in [0.15, 0.2) is 0 Å². The second-order valence-corrected chi connectivity index (χ2v) is 2.99. The fourth-order valence-electron chi connectivity index (χ4n) is 0.694. The van der Waals surface area contributed by atoms with Crippen LogP contribution in [0.3, 0.4) is 0 Å². The molecular formula is C6H6BrF2N3O. The maximum atomic E-state index is 11.8. The van der Waals surface area contributed by atoms with Crippen molar-refractivity contribution < 1.29 is 8.78 Å². The van der Waals surface area contributed by atoms with Gasteiger partial charge in [-0.3, -0.25) is 4.79 Å². The summed E-state index contributed by atoms with van der Waals surface area (Å²) in [6.07, 6.45) is -1.21. The third-order valence-corrected chi connectivity index (χ3v) is 2.03. The van der Waals surface area contributed by atoms with Crippen LogP contribution in [0.15, 0.2) is 15.5 Å². The van der Waals surface area contributed by atoms with Crippen LogP contribution in [-0.2, 0) is 0 Å². The third kappa shape index (κ3) is 2.76. The van der Waals surface area contributed by atoms with Crippen molar-refractivity contribution in [3.05, 3.63) is 21.0 Å². The summed E-state index contributed by atoms with van der Waals surface area (Å²) in [5.41, 5.74) is -0.205. The van der Waals surface area contributed by atoms with Crippen molar-refractivity contribution >= 4 is 21.6 Å². The molecule has 0 saturated carbocycles. The lowest BCUT2D eigenvalue weighted by atomic mass is 10.4. The highest BCUT2D eigenvalue weighted by atomic mass is 79.9. The molecule has 0 fully saturated rings. The van der Waals surface area contributed by atoms with Crippen molar-refractivity contribution in [3.8, 4) is 0 Å². The molecule has 7 heteroatoms. The number of hydrogen-bond acceptors (Lipinski definition) is 3. The minimum atomic E-state index is -2.47. The fourth-order valence-corrected chi connectivity index (χ4v) is 1.03. The summed E-state index contributed by atoms with van der Waals surface area (Å²) < 4.78 is 23.7. The molecule has 0 radical (unpaired) electrons. The van der Waals surface area contributed by atoms with E-state index in [2.05, 4.69) is 31.4 Å². The highest BCUT2D eigenvalue weighted by Gasteiger charge is 2.06. The number of hydrogen-bond donors (Lipinski definition) is 2. The molecular weight excluding hydrogens is 248 g/mol. The van der Waals surface area contributed by atoms with Gasteiger partial charge in [0.1, 0.15) is 4.47 Å². The number of halogens is 3. The van der Waals surface area contributed by atoms with Crippen LogP contribution in [0.1, 0.15) is 0 Å². The highest BCUT2D eigenvalue weighted by Crippen LogP contribution is 2.15. The van der Waals surface area contributed by atoms with Crippen molar-refractivity contribution in [2.45, 2.75) is 6.43 Å². The van der Waals surface area contributed by atoms with E-state index in [-0.39, 0.29) is 10.2 Å². The lowest BCUT2D eigenvalue weighted by Crippen LogP contribution is -2.15. The maximum Gasteiger partial charge on any atom is 0.280 e. The zero-order chi connectivity index (χ0) is 9.84. The Labute approximate surface area is 80.5 Å². The third-order valence-electron chi connectivity index (χ3n) is 1.24. The molecule has 1 aromatic rings. The van der Waals surface area contributed by atoms with Crippen LogP contribution < -0.4 is 10.9 Å². The first-order valence-electron chi connectivity index (χ1n) is 3.36. The van der Waals surface area contributed by atoms with E-state index in [1.54, 1.807) is 0 Å². The zero-order valence-electron chi connectivity index (χ0n) is 6.35. The molecule has 0 aliphatic carbocycles. The minimum absolute atomic E-state index is 0.170. The lowest BCUT2D eigenvalue weighted by Gasteiger charge is -2.05. The average Bonchev–Trinajstić information content (AvgIpc) is 2.07. The van der Waals surface area contributed by atoms with Gasteiger partial charge in [0, 0.05) is 0 Å². The Morgan fingerprint density at radius 3 is 3.00 bits per heavy atom. The summed E-state index contributed by atoms with van der Waals surface area (Å²) in [4.78, 5) is 10.9. The van der Waals surface area contributed by atoms with Crippen molar-refractivity contribution in [2.75, 3.05) is 11.9 Å². The summed E-state index contributed by atoms with van der Waals surface area (Å²) in [7, 11) is 0. The SMILES string of the molecule is O=c1[nH]ncc(NCC(F)F)c1Br. The number of rotatable bonds is 3. The Balaban J connectivity index is 2.77. The highest BCUT2D eigenvalue weighted by molar-refractivity contribution is 9.10. The van der Waals surface area contributed by atoms with E-state index in [1.165, 1.54) is 6.20 Å². The van der Waals surface area contributed by atoms with Gasteiger partial charge < -0.3 is 5.32 Å². The van der Waals surface area contributed by atoms with Crippen molar-refractivity contribution in [2.24, 2.45) is 0 Å². The van der Waals surface area contributed by atoms with Crippen molar-refractivity contribution in [1.29, 1.82) is 0 Å². The van der Waals surface area contributed by atoms with Crippen LogP contribution in [0.2, 0.25) is 0 Å². The number of aromatic nitrogens is 2. The van der Waals surface area contributed by atoms with Gasteiger partial charge in [-0.15, -0.1) is 0 Å². The normalized spacial score (nSPS) is 10.5. The lowest BCUT2D eigenvalue weighted by molar-refractivity contribution is 0.163. The van der Waals surface area contributed by atoms with Gasteiger partial charge in [-0.2, -0.15) is 5.10 Å². The summed E-state index contributed by atoms with van der Waals surface area (Å²) in [5, 5.41) is 7.97. The van der Waals surface area contributed by atoms with Crippen LogP contribution in [-0.4, -0.2) is 23.2 Å². The second-order valence-electron chi connectivity index (χ2n) is 2.20. The topological polar surface area (TPSA) is 57.8 Å². The van der Waals surface area contributed by atoms with Crippen molar-refractivity contribution in [1.82, 2.24) is 10.2 Å². The molecule has 0 aromatic carbocycles. The molecule has 1 heterocycles. The van der Waals surface area contributed by atoms with Gasteiger partial charge in [-0.05, 0) is 15.9 Å². The predicted octanol–water partition coefficient (Wildman–Crippen LogP) is 1.21. The maximum absolute atomic E-state index is 11.8. The number of nitrogens with zero attached hydrogens (tertiary/aromatic N) is 1. The second kappa shape index (κ2) is 4.31. The molecule has 0 amide bonds. The summed E-state index contributed by atoms with van der Waals surface area (Å²) in [6, 6.07) is 0. The molecule has 0 atom stereocenters. The molecule has 0 aliphatic rings. The number of alkyl halides is 2. The monoisotopic (exact) mass is 253 g/mol. The molecule has 0 aliphatic heterocycles. The first-order chi connectivity index (χ1) is 6.11. The van der Waals surface area contributed by atoms with Crippen molar-refractivity contribution in [3.63, 3.8) is 0 Å². The van der Waals surface area contributed by atoms with Gasteiger partial charge in [0.25, 0.3) is 12.0 Å². The van der Waals surface area contributed by atoms with E-state index in [0.29, 0.717) is 0 Å². The molecule has 0 spiro atoms. The quantitative estimate of drug-likeness (QED) is 0.852. The van der Waals surface area contributed by atoms with E-state index >= 15 is 0 Å². The Morgan fingerprint density at radius 1 is 1.69 bits per heavy atom. The Bertz CT molecular complexity index is 341. The molecule has 72 valence electrons. The fraction of sp³-hybridized carbons (Fsp3) is 0.333.